The molecule has 1 fully saturated rings. The van der Waals surface area contributed by atoms with Crippen LogP contribution in [-0.2, 0) is 4.79 Å². The largest absolute Gasteiger partial charge is 0.353 e. The second-order valence-electron chi connectivity index (χ2n) is 7.65. The topological polar surface area (TPSA) is 55.1 Å². The van der Waals surface area contributed by atoms with E-state index in [4.69, 9.17) is 5.73 Å². The number of nitrogens with one attached hydrogen (secondary N) is 1. The number of hydrogen-bond donors (Lipinski definition) is 2. The van der Waals surface area contributed by atoms with Crippen LogP contribution < -0.4 is 11.1 Å². The highest BCUT2D eigenvalue weighted by Gasteiger charge is 2.34. The third-order valence-corrected chi connectivity index (χ3v) is 4.75. The minimum atomic E-state index is 0.232. The van der Waals surface area contributed by atoms with Crippen LogP contribution in [0.4, 0.5) is 0 Å². The zero-order chi connectivity index (χ0) is 15.2. The molecule has 0 radical (unpaired) electrons. The maximum atomic E-state index is 12.2. The lowest BCUT2D eigenvalue weighted by Gasteiger charge is -2.40. The molecule has 1 amide bonds. The van der Waals surface area contributed by atoms with Crippen molar-refractivity contribution in [2.45, 2.75) is 78.7 Å². The Morgan fingerprint density at radius 1 is 1.25 bits per heavy atom. The quantitative estimate of drug-likeness (QED) is 0.783. The molecule has 3 unspecified atom stereocenters. The normalized spacial score (nSPS) is 25.2. The standard InChI is InChI=1S/C17H34N2O/c1-13(11-12-18)9-10-16(20)19-15-8-6-5-7-14(15)17(2,3)4/h13-15H,5-12,18H2,1-4H3,(H,19,20). The summed E-state index contributed by atoms with van der Waals surface area (Å²) in [7, 11) is 0. The van der Waals surface area contributed by atoms with Crippen molar-refractivity contribution in [2.24, 2.45) is 23.0 Å². The fraction of sp³-hybridized carbons (Fsp3) is 0.941. The molecule has 1 aliphatic carbocycles. The van der Waals surface area contributed by atoms with Crippen LogP contribution in [0.1, 0.15) is 72.6 Å². The van der Waals surface area contributed by atoms with Crippen LogP contribution in [0.3, 0.4) is 0 Å². The van der Waals surface area contributed by atoms with E-state index in [2.05, 4.69) is 33.0 Å². The molecule has 3 heteroatoms. The average Bonchev–Trinajstić information content (AvgIpc) is 2.36. The van der Waals surface area contributed by atoms with Gasteiger partial charge in [-0.05, 0) is 49.5 Å². The van der Waals surface area contributed by atoms with Crippen LogP contribution >= 0.6 is 0 Å². The summed E-state index contributed by atoms with van der Waals surface area (Å²) in [6.07, 6.45) is 7.57. The first-order valence-corrected chi connectivity index (χ1v) is 8.34. The van der Waals surface area contributed by atoms with Crippen molar-refractivity contribution in [1.82, 2.24) is 5.32 Å². The van der Waals surface area contributed by atoms with E-state index in [1.54, 1.807) is 0 Å². The minimum Gasteiger partial charge on any atom is -0.353 e. The second-order valence-corrected chi connectivity index (χ2v) is 7.65. The second kappa shape index (κ2) is 8.02. The highest BCUT2D eigenvalue weighted by Crippen LogP contribution is 2.38. The van der Waals surface area contributed by atoms with Gasteiger partial charge in [-0.2, -0.15) is 0 Å². The predicted octanol–water partition coefficient (Wildman–Crippen LogP) is 3.47. The Labute approximate surface area is 125 Å². The average molecular weight is 282 g/mol. The van der Waals surface area contributed by atoms with Gasteiger partial charge in [0.05, 0.1) is 0 Å². The van der Waals surface area contributed by atoms with E-state index in [9.17, 15) is 4.79 Å². The maximum absolute atomic E-state index is 12.2. The zero-order valence-corrected chi connectivity index (χ0v) is 13.9. The number of rotatable bonds is 6. The number of carbonyl (C=O) groups is 1. The molecular weight excluding hydrogens is 248 g/mol. The Bertz CT molecular complexity index is 296. The van der Waals surface area contributed by atoms with E-state index in [0.717, 1.165) is 25.8 Å². The van der Waals surface area contributed by atoms with Gasteiger partial charge in [0.1, 0.15) is 0 Å². The van der Waals surface area contributed by atoms with Gasteiger partial charge in [-0.25, -0.2) is 0 Å². The lowest BCUT2D eigenvalue weighted by atomic mass is 9.69. The SMILES string of the molecule is CC(CCN)CCC(=O)NC1CCCCC1C(C)(C)C. The van der Waals surface area contributed by atoms with Crippen molar-refractivity contribution >= 4 is 5.91 Å². The van der Waals surface area contributed by atoms with E-state index >= 15 is 0 Å². The maximum Gasteiger partial charge on any atom is 0.220 e. The van der Waals surface area contributed by atoms with Gasteiger partial charge in [0.2, 0.25) is 5.91 Å². The summed E-state index contributed by atoms with van der Waals surface area (Å²) in [6, 6.07) is 0.376. The number of carbonyl (C=O) groups excluding carboxylic acids is 1. The van der Waals surface area contributed by atoms with E-state index in [1.807, 2.05) is 0 Å². The molecule has 20 heavy (non-hydrogen) atoms. The molecule has 1 saturated carbocycles. The van der Waals surface area contributed by atoms with E-state index in [1.165, 1.54) is 19.3 Å². The van der Waals surface area contributed by atoms with E-state index in [-0.39, 0.29) is 11.3 Å². The highest BCUT2D eigenvalue weighted by atomic mass is 16.1. The highest BCUT2D eigenvalue weighted by molar-refractivity contribution is 5.76. The monoisotopic (exact) mass is 282 g/mol. The summed E-state index contributed by atoms with van der Waals surface area (Å²) in [4.78, 5) is 12.2. The molecular formula is C17H34N2O. The van der Waals surface area contributed by atoms with Gasteiger partial charge in [-0.15, -0.1) is 0 Å². The first-order chi connectivity index (χ1) is 9.34. The van der Waals surface area contributed by atoms with Crippen LogP contribution in [0.25, 0.3) is 0 Å². The Hall–Kier alpha value is -0.570. The molecule has 3 N–H and O–H groups in total. The first-order valence-electron chi connectivity index (χ1n) is 8.34. The number of nitrogens with two attached hydrogens (primary N) is 1. The third-order valence-electron chi connectivity index (χ3n) is 4.75. The summed E-state index contributed by atoms with van der Waals surface area (Å²) < 4.78 is 0. The van der Waals surface area contributed by atoms with Crippen LogP contribution in [0.15, 0.2) is 0 Å². The molecule has 1 aliphatic rings. The van der Waals surface area contributed by atoms with Crippen LogP contribution in [0.2, 0.25) is 0 Å². The third kappa shape index (κ3) is 5.82. The first kappa shape index (κ1) is 17.5. The van der Waals surface area contributed by atoms with Gasteiger partial charge in [0, 0.05) is 12.5 Å². The summed E-state index contributed by atoms with van der Waals surface area (Å²) in [5.41, 5.74) is 5.83. The number of amides is 1. The summed E-state index contributed by atoms with van der Waals surface area (Å²) >= 11 is 0. The molecule has 0 aliphatic heterocycles. The van der Waals surface area contributed by atoms with Crippen molar-refractivity contribution in [1.29, 1.82) is 0 Å². The van der Waals surface area contributed by atoms with Crippen molar-refractivity contribution < 1.29 is 4.79 Å². The Morgan fingerprint density at radius 3 is 2.50 bits per heavy atom. The van der Waals surface area contributed by atoms with Crippen molar-refractivity contribution in [3.63, 3.8) is 0 Å². The summed E-state index contributed by atoms with van der Waals surface area (Å²) in [6.45, 7) is 9.79. The van der Waals surface area contributed by atoms with Gasteiger partial charge in [0.15, 0.2) is 0 Å². The van der Waals surface area contributed by atoms with Crippen LogP contribution in [0.5, 0.6) is 0 Å². The molecule has 0 aromatic rings. The number of hydrogen-bond acceptors (Lipinski definition) is 2. The van der Waals surface area contributed by atoms with Crippen LogP contribution in [0, 0.1) is 17.3 Å². The van der Waals surface area contributed by atoms with Gasteiger partial charge in [-0.1, -0.05) is 40.5 Å². The molecule has 0 spiro atoms. The lowest BCUT2D eigenvalue weighted by molar-refractivity contribution is -0.123. The fourth-order valence-electron chi connectivity index (χ4n) is 3.43. The summed E-state index contributed by atoms with van der Waals surface area (Å²) in [5.74, 6) is 1.40. The Morgan fingerprint density at radius 2 is 1.90 bits per heavy atom. The molecule has 0 bridgehead atoms. The van der Waals surface area contributed by atoms with Crippen LogP contribution in [-0.4, -0.2) is 18.5 Å². The Kier molecular flexibility index (Phi) is 7.01. The summed E-state index contributed by atoms with van der Waals surface area (Å²) in [5, 5.41) is 3.30. The molecule has 118 valence electrons. The lowest BCUT2D eigenvalue weighted by Crippen LogP contribution is -2.46. The van der Waals surface area contributed by atoms with Gasteiger partial charge in [0.25, 0.3) is 0 Å². The van der Waals surface area contributed by atoms with Crippen molar-refractivity contribution in [3.05, 3.63) is 0 Å². The van der Waals surface area contributed by atoms with Gasteiger partial charge in [-0.3, -0.25) is 4.79 Å². The van der Waals surface area contributed by atoms with E-state index in [0.29, 0.717) is 24.3 Å². The fourth-order valence-corrected chi connectivity index (χ4v) is 3.43. The Balaban J connectivity index is 2.42. The van der Waals surface area contributed by atoms with E-state index < -0.39 is 0 Å². The molecule has 0 aromatic carbocycles. The van der Waals surface area contributed by atoms with Crippen molar-refractivity contribution in [2.75, 3.05) is 6.54 Å². The minimum absolute atomic E-state index is 0.232. The van der Waals surface area contributed by atoms with Crippen molar-refractivity contribution in [3.8, 4) is 0 Å². The predicted molar refractivity (Wildman–Crippen MR) is 85.4 cm³/mol. The molecule has 0 aromatic heterocycles. The molecule has 3 atom stereocenters. The molecule has 1 rings (SSSR count). The molecule has 3 nitrogen and oxygen atoms in total. The van der Waals surface area contributed by atoms with Gasteiger partial charge < -0.3 is 11.1 Å². The smallest absolute Gasteiger partial charge is 0.220 e. The molecule has 0 heterocycles. The molecule has 0 saturated heterocycles. The zero-order valence-electron chi connectivity index (χ0n) is 13.9. The van der Waals surface area contributed by atoms with Gasteiger partial charge >= 0.3 is 0 Å².